The van der Waals surface area contributed by atoms with E-state index in [4.69, 9.17) is 0 Å². The highest BCUT2D eigenvalue weighted by atomic mass is 32.2. The van der Waals surface area contributed by atoms with Crippen LogP contribution in [0.15, 0.2) is 35.5 Å². The summed E-state index contributed by atoms with van der Waals surface area (Å²) in [6.07, 6.45) is 3.31. The minimum atomic E-state index is -3.52. The maximum atomic E-state index is 12.5. The number of aryl methyl sites for hydroxylation is 1. The van der Waals surface area contributed by atoms with Gasteiger partial charge in [-0.1, -0.05) is 0 Å². The van der Waals surface area contributed by atoms with E-state index in [1.165, 1.54) is 11.3 Å². The average molecular weight is 325 g/mol. The second-order valence-corrected chi connectivity index (χ2v) is 7.81. The molecule has 0 fully saturated rings. The van der Waals surface area contributed by atoms with Crippen LogP contribution in [0.1, 0.15) is 28.3 Å². The Morgan fingerprint density at radius 3 is 2.62 bits per heavy atom. The lowest BCUT2D eigenvalue weighted by atomic mass is 10.1. The second kappa shape index (κ2) is 6.65. The molecule has 0 bridgehead atoms. The Morgan fingerprint density at radius 1 is 1.33 bits per heavy atom. The van der Waals surface area contributed by atoms with Gasteiger partial charge in [0.05, 0.1) is 4.90 Å². The largest absolute Gasteiger partial charge is 0.315 e. The van der Waals surface area contributed by atoms with E-state index in [0.29, 0.717) is 11.4 Å². The van der Waals surface area contributed by atoms with Crippen LogP contribution in [0.5, 0.6) is 0 Å². The zero-order valence-electron chi connectivity index (χ0n) is 12.3. The summed E-state index contributed by atoms with van der Waals surface area (Å²) in [7, 11) is -1.68. The Kier molecular flexibility index (Phi) is 5.10. The molecule has 2 aromatic rings. The molecule has 2 rings (SSSR count). The van der Waals surface area contributed by atoms with E-state index in [-0.39, 0.29) is 6.04 Å². The maximum absolute atomic E-state index is 12.5. The molecule has 5 nitrogen and oxygen atoms in total. The van der Waals surface area contributed by atoms with Crippen LogP contribution in [-0.2, 0) is 16.6 Å². The van der Waals surface area contributed by atoms with Gasteiger partial charge in [-0.3, -0.25) is 4.98 Å². The fourth-order valence-electron chi connectivity index (χ4n) is 2.07. The van der Waals surface area contributed by atoms with Crippen molar-refractivity contribution in [3.8, 4) is 0 Å². The van der Waals surface area contributed by atoms with Gasteiger partial charge < -0.3 is 5.32 Å². The number of aromatic nitrogens is 1. The van der Waals surface area contributed by atoms with Gasteiger partial charge in [0.1, 0.15) is 0 Å². The van der Waals surface area contributed by atoms with E-state index in [0.717, 1.165) is 15.3 Å². The monoisotopic (exact) mass is 325 g/mol. The minimum Gasteiger partial charge on any atom is -0.315 e. The van der Waals surface area contributed by atoms with Crippen LogP contribution < -0.4 is 10.0 Å². The fraction of sp³-hybridized carbons (Fsp3) is 0.357. The number of rotatable bonds is 6. The average Bonchev–Trinajstić information content (AvgIpc) is 2.81. The third-order valence-electron chi connectivity index (χ3n) is 3.10. The molecule has 2 heterocycles. The number of hydrogen-bond acceptors (Lipinski definition) is 5. The van der Waals surface area contributed by atoms with Gasteiger partial charge in [0.2, 0.25) is 10.0 Å². The highest BCUT2D eigenvalue weighted by Gasteiger charge is 2.22. The van der Waals surface area contributed by atoms with Crippen molar-refractivity contribution in [3.05, 3.63) is 45.9 Å². The van der Waals surface area contributed by atoms with Crippen molar-refractivity contribution in [2.45, 2.75) is 31.3 Å². The van der Waals surface area contributed by atoms with Crippen molar-refractivity contribution >= 4 is 21.4 Å². The summed E-state index contributed by atoms with van der Waals surface area (Å²) in [5.41, 5.74) is 0.886. The van der Waals surface area contributed by atoms with Gasteiger partial charge in [-0.05, 0) is 44.7 Å². The molecule has 114 valence electrons. The topological polar surface area (TPSA) is 71.1 Å². The van der Waals surface area contributed by atoms with Gasteiger partial charge in [0.15, 0.2) is 0 Å². The predicted molar refractivity (Wildman–Crippen MR) is 84.8 cm³/mol. The molecule has 1 atom stereocenters. The predicted octanol–water partition coefficient (Wildman–Crippen LogP) is 2.21. The zero-order valence-corrected chi connectivity index (χ0v) is 13.9. The van der Waals surface area contributed by atoms with Gasteiger partial charge in [-0.25, -0.2) is 13.1 Å². The fourth-order valence-corrected chi connectivity index (χ4v) is 4.95. The first kappa shape index (κ1) is 16.1. The molecule has 7 heteroatoms. The van der Waals surface area contributed by atoms with E-state index in [2.05, 4.69) is 15.0 Å². The maximum Gasteiger partial charge on any atom is 0.242 e. The van der Waals surface area contributed by atoms with Crippen molar-refractivity contribution in [2.75, 3.05) is 7.05 Å². The lowest BCUT2D eigenvalue weighted by molar-refractivity contribution is 0.566. The standard InChI is InChI=1S/C14H19N3O2S2/c1-10(12-4-6-16-7-5-12)17-21(18,19)14-8-13(9-15-3)20-11(14)2/h4-8,10,15,17H,9H2,1-3H3. The van der Waals surface area contributed by atoms with E-state index >= 15 is 0 Å². The Bertz CT molecular complexity index is 696. The van der Waals surface area contributed by atoms with Crippen molar-refractivity contribution in [1.82, 2.24) is 15.0 Å². The molecule has 0 aliphatic rings. The lowest BCUT2D eigenvalue weighted by Crippen LogP contribution is -2.27. The number of thiophene rings is 1. The Morgan fingerprint density at radius 2 is 2.00 bits per heavy atom. The summed E-state index contributed by atoms with van der Waals surface area (Å²) < 4.78 is 27.7. The third-order valence-corrected chi connectivity index (χ3v) is 5.95. The van der Waals surface area contributed by atoms with E-state index < -0.39 is 10.0 Å². The molecular formula is C14H19N3O2S2. The Hall–Kier alpha value is -1.28. The van der Waals surface area contributed by atoms with Crippen LogP contribution in [0.4, 0.5) is 0 Å². The summed E-state index contributed by atoms with van der Waals surface area (Å²) in [5.74, 6) is 0. The third kappa shape index (κ3) is 3.88. The first-order chi connectivity index (χ1) is 9.94. The van der Waals surface area contributed by atoms with Gasteiger partial charge in [-0.15, -0.1) is 11.3 Å². The van der Waals surface area contributed by atoms with Crippen LogP contribution >= 0.6 is 11.3 Å². The highest BCUT2D eigenvalue weighted by molar-refractivity contribution is 7.89. The summed E-state index contributed by atoms with van der Waals surface area (Å²) in [6.45, 7) is 4.32. The Labute approximate surface area is 129 Å². The number of sulfonamides is 1. The quantitative estimate of drug-likeness (QED) is 0.854. The molecule has 0 aromatic carbocycles. The van der Waals surface area contributed by atoms with Crippen molar-refractivity contribution < 1.29 is 8.42 Å². The molecule has 1 unspecified atom stereocenters. The van der Waals surface area contributed by atoms with Crippen LogP contribution in [0.3, 0.4) is 0 Å². The molecule has 0 spiro atoms. The molecule has 0 amide bonds. The molecule has 0 aliphatic carbocycles. The van der Waals surface area contributed by atoms with Gasteiger partial charge in [0.25, 0.3) is 0 Å². The van der Waals surface area contributed by atoms with E-state index in [1.54, 1.807) is 30.6 Å². The normalized spacial score (nSPS) is 13.3. The van der Waals surface area contributed by atoms with Gasteiger partial charge in [0, 0.05) is 34.7 Å². The molecule has 0 aliphatic heterocycles. The summed E-state index contributed by atoms with van der Waals surface area (Å²) in [6, 6.07) is 5.04. The van der Waals surface area contributed by atoms with E-state index in [9.17, 15) is 8.42 Å². The summed E-state index contributed by atoms with van der Waals surface area (Å²) in [5, 5.41) is 3.03. The highest BCUT2D eigenvalue weighted by Crippen LogP contribution is 2.27. The molecule has 0 saturated carbocycles. The van der Waals surface area contributed by atoms with Crippen LogP contribution in [0.25, 0.3) is 0 Å². The minimum absolute atomic E-state index is 0.301. The van der Waals surface area contributed by atoms with E-state index in [1.807, 2.05) is 20.9 Å². The molecule has 0 saturated heterocycles. The van der Waals surface area contributed by atoms with Gasteiger partial charge >= 0.3 is 0 Å². The smallest absolute Gasteiger partial charge is 0.242 e. The van der Waals surface area contributed by atoms with Crippen LogP contribution in [0, 0.1) is 6.92 Å². The Balaban J connectivity index is 2.22. The second-order valence-electron chi connectivity index (χ2n) is 4.79. The van der Waals surface area contributed by atoms with Crippen molar-refractivity contribution in [3.63, 3.8) is 0 Å². The zero-order chi connectivity index (χ0) is 15.5. The summed E-state index contributed by atoms with van der Waals surface area (Å²) >= 11 is 1.50. The molecule has 2 aromatic heterocycles. The number of nitrogens with one attached hydrogen (secondary N) is 2. The first-order valence-electron chi connectivity index (χ1n) is 6.60. The molecule has 2 N–H and O–H groups in total. The van der Waals surface area contributed by atoms with Crippen molar-refractivity contribution in [2.24, 2.45) is 0 Å². The van der Waals surface area contributed by atoms with Crippen LogP contribution in [0.2, 0.25) is 0 Å². The number of pyridine rings is 1. The molecule has 21 heavy (non-hydrogen) atoms. The van der Waals surface area contributed by atoms with Crippen molar-refractivity contribution in [1.29, 1.82) is 0 Å². The SMILES string of the molecule is CNCc1cc(S(=O)(=O)NC(C)c2ccncc2)c(C)s1. The first-order valence-corrected chi connectivity index (χ1v) is 8.90. The molecular weight excluding hydrogens is 306 g/mol. The molecule has 0 radical (unpaired) electrons. The lowest BCUT2D eigenvalue weighted by Gasteiger charge is -2.14. The number of hydrogen-bond donors (Lipinski definition) is 2. The van der Waals surface area contributed by atoms with Gasteiger partial charge in [-0.2, -0.15) is 0 Å². The van der Waals surface area contributed by atoms with Crippen LogP contribution in [-0.4, -0.2) is 20.4 Å². The summed E-state index contributed by atoms with van der Waals surface area (Å²) in [4.78, 5) is 6.10. The number of nitrogens with zero attached hydrogens (tertiary/aromatic N) is 1.